The number of benzene rings is 1. The lowest BCUT2D eigenvalue weighted by molar-refractivity contribution is 0.526. The number of aromatic nitrogens is 3. The van der Waals surface area contributed by atoms with Crippen molar-refractivity contribution in [3.8, 4) is 0 Å². The summed E-state index contributed by atoms with van der Waals surface area (Å²) in [7, 11) is 0. The molecule has 3 aromatic heterocycles. The highest BCUT2D eigenvalue weighted by atomic mass is 35.5. The van der Waals surface area contributed by atoms with E-state index in [0.29, 0.717) is 16.4 Å². The van der Waals surface area contributed by atoms with E-state index in [2.05, 4.69) is 10.1 Å². The van der Waals surface area contributed by atoms with Gasteiger partial charge in [0.1, 0.15) is 5.76 Å². The molecule has 0 aliphatic carbocycles. The second-order valence-electron chi connectivity index (χ2n) is 4.79. The highest BCUT2D eigenvalue weighted by Crippen LogP contribution is 2.31. The van der Waals surface area contributed by atoms with E-state index < -0.39 is 6.04 Å². The summed E-state index contributed by atoms with van der Waals surface area (Å²) >= 11 is 6.13. The van der Waals surface area contributed by atoms with Gasteiger partial charge in [-0.25, -0.2) is 4.52 Å². The lowest BCUT2D eigenvalue weighted by Crippen LogP contribution is -2.10. The van der Waals surface area contributed by atoms with Crippen molar-refractivity contribution in [2.75, 3.05) is 0 Å². The van der Waals surface area contributed by atoms with Crippen molar-refractivity contribution in [1.29, 1.82) is 0 Å². The Kier molecular flexibility index (Phi) is 2.70. The summed E-state index contributed by atoms with van der Waals surface area (Å²) in [5.41, 5.74) is 8.69. The van der Waals surface area contributed by atoms with Crippen LogP contribution in [-0.4, -0.2) is 14.6 Å². The molecule has 0 radical (unpaired) electrons. The van der Waals surface area contributed by atoms with Gasteiger partial charge in [-0.1, -0.05) is 23.7 Å². The number of nitrogens with zero attached hydrogens (tertiary/aromatic N) is 3. The summed E-state index contributed by atoms with van der Waals surface area (Å²) in [4.78, 5) is 4.11. The third-order valence-corrected chi connectivity index (χ3v) is 3.81. The smallest absolute Gasteiger partial charge is 0.152 e. The van der Waals surface area contributed by atoms with Crippen LogP contribution in [0.5, 0.6) is 0 Å². The van der Waals surface area contributed by atoms with E-state index in [4.69, 9.17) is 21.8 Å². The van der Waals surface area contributed by atoms with Gasteiger partial charge >= 0.3 is 0 Å². The second-order valence-corrected chi connectivity index (χ2v) is 5.20. The Morgan fingerprint density at radius 2 is 2.19 bits per heavy atom. The molecule has 0 saturated heterocycles. The largest absolute Gasteiger partial charge is 0.457 e. The standard InChI is InChI=1S/C15H11ClN4O/c16-11-3-1-2-9-6-13(21-15(9)11)14(17)10-7-19-20-5-4-18-8-12(10)20/h1-8,14H,17H2. The number of fused-ring (bicyclic) bond motifs is 2. The molecule has 0 spiro atoms. The van der Waals surface area contributed by atoms with Crippen LogP contribution in [-0.2, 0) is 0 Å². The monoisotopic (exact) mass is 298 g/mol. The molecule has 4 aromatic rings. The third kappa shape index (κ3) is 1.90. The maximum absolute atomic E-state index is 6.32. The minimum absolute atomic E-state index is 0.421. The molecule has 0 fully saturated rings. The first-order valence-corrected chi connectivity index (χ1v) is 6.82. The van der Waals surface area contributed by atoms with E-state index in [1.807, 2.05) is 18.2 Å². The minimum Gasteiger partial charge on any atom is -0.457 e. The summed E-state index contributed by atoms with van der Waals surface area (Å²) in [6.07, 6.45) is 6.92. The van der Waals surface area contributed by atoms with Gasteiger partial charge in [0, 0.05) is 23.3 Å². The van der Waals surface area contributed by atoms with Crippen LogP contribution in [0.15, 0.2) is 53.5 Å². The van der Waals surface area contributed by atoms with Crippen LogP contribution in [0.1, 0.15) is 17.4 Å². The van der Waals surface area contributed by atoms with E-state index in [1.54, 1.807) is 35.4 Å². The Morgan fingerprint density at radius 1 is 1.29 bits per heavy atom. The topological polar surface area (TPSA) is 69.3 Å². The van der Waals surface area contributed by atoms with Gasteiger partial charge in [-0.15, -0.1) is 0 Å². The average molecular weight is 299 g/mol. The molecule has 0 bridgehead atoms. The van der Waals surface area contributed by atoms with Gasteiger partial charge in [-0.3, -0.25) is 4.98 Å². The van der Waals surface area contributed by atoms with Crippen molar-refractivity contribution in [3.63, 3.8) is 0 Å². The molecule has 1 aromatic carbocycles. The fraction of sp³-hybridized carbons (Fsp3) is 0.0667. The highest BCUT2D eigenvalue weighted by Gasteiger charge is 2.19. The van der Waals surface area contributed by atoms with Gasteiger partial charge in [0.15, 0.2) is 5.58 Å². The molecule has 6 heteroatoms. The number of hydrogen-bond donors (Lipinski definition) is 1. The molecule has 4 rings (SSSR count). The predicted octanol–water partition coefficient (Wildman–Crippen LogP) is 3.18. The molecule has 5 nitrogen and oxygen atoms in total. The maximum atomic E-state index is 6.32. The van der Waals surface area contributed by atoms with Gasteiger partial charge in [-0.2, -0.15) is 5.10 Å². The average Bonchev–Trinajstić information content (AvgIpc) is 3.11. The number of nitrogens with two attached hydrogens (primary N) is 1. The number of hydrogen-bond acceptors (Lipinski definition) is 4. The van der Waals surface area contributed by atoms with Crippen LogP contribution >= 0.6 is 11.6 Å². The first-order valence-electron chi connectivity index (χ1n) is 6.45. The molecule has 0 saturated carbocycles. The predicted molar refractivity (Wildman–Crippen MR) is 80.2 cm³/mol. The number of rotatable bonds is 2. The zero-order valence-corrected chi connectivity index (χ0v) is 11.7. The quantitative estimate of drug-likeness (QED) is 0.617. The summed E-state index contributed by atoms with van der Waals surface area (Å²) in [6, 6.07) is 7.11. The minimum atomic E-state index is -0.421. The van der Waals surface area contributed by atoms with Crippen LogP contribution in [0.2, 0.25) is 5.02 Å². The number of halogens is 1. The molecule has 2 N–H and O–H groups in total. The van der Waals surface area contributed by atoms with E-state index in [9.17, 15) is 0 Å². The summed E-state index contributed by atoms with van der Waals surface area (Å²) in [5.74, 6) is 0.650. The number of furan rings is 1. The first kappa shape index (κ1) is 12.4. The Hall–Kier alpha value is -2.37. The molecule has 3 heterocycles. The van der Waals surface area contributed by atoms with Crippen molar-refractivity contribution in [3.05, 3.63) is 65.4 Å². The van der Waals surface area contributed by atoms with Crippen molar-refractivity contribution >= 4 is 28.1 Å². The van der Waals surface area contributed by atoms with E-state index >= 15 is 0 Å². The molecule has 104 valence electrons. The Balaban J connectivity index is 1.86. The Labute approximate surface area is 124 Å². The normalized spacial score (nSPS) is 13.0. The molecular formula is C15H11ClN4O. The summed E-state index contributed by atoms with van der Waals surface area (Å²) < 4.78 is 7.55. The highest BCUT2D eigenvalue weighted by molar-refractivity contribution is 6.34. The fourth-order valence-electron chi connectivity index (χ4n) is 2.45. The van der Waals surface area contributed by atoms with Crippen molar-refractivity contribution < 1.29 is 4.42 Å². The zero-order chi connectivity index (χ0) is 14.4. The fourth-order valence-corrected chi connectivity index (χ4v) is 2.67. The summed E-state index contributed by atoms with van der Waals surface area (Å²) in [6.45, 7) is 0. The van der Waals surface area contributed by atoms with Crippen LogP contribution in [0.4, 0.5) is 0 Å². The van der Waals surface area contributed by atoms with E-state index in [0.717, 1.165) is 16.5 Å². The van der Waals surface area contributed by atoms with Gasteiger partial charge in [0.2, 0.25) is 0 Å². The van der Waals surface area contributed by atoms with Crippen molar-refractivity contribution in [1.82, 2.24) is 14.6 Å². The maximum Gasteiger partial charge on any atom is 0.152 e. The molecule has 1 atom stereocenters. The van der Waals surface area contributed by atoms with E-state index in [-0.39, 0.29) is 0 Å². The second kappa shape index (κ2) is 4.58. The van der Waals surface area contributed by atoms with Gasteiger partial charge < -0.3 is 10.2 Å². The Bertz CT molecular complexity index is 943. The van der Waals surface area contributed by atoms with Crippen LogP contribution in [0.3, 0.4) is 0 Å². The van der Waals surface area contributed by atoms with E-state index in [1.165, 1.54) is 0 Å². The summed E-state index contributed by atoms with van der Waals surface area (Å²) in [5, 5.41) is 5.77. The van der Waals surface area contributed by atoms with Gasteiger partial charge in [-0.05, 0) is 12.1 Å². The van der Waals surface area contributed by atoms with Crippen molar-refractivity contribution in [2.45, 2.75) is 6.04 Å². The van der Waals surface area contributed by atoms with Crippen molar-refractivity contribution in [2.24, 2.45) is 5.73 Å². The van der Waals surface area contributed by atoms with Crippen LogP contribution < -0.4 is 5.73 Å². The lowest BCUT2D eigenvalue weighted by Gasteiger charge is -2.06. The number of para-hydroxylation sites is 1. The molecule has 1 unspecified atom stereocenters. The molecule has 0 aliphatic rings. The van der Waals surface area contributed by atoms with Crippen LogP contribution in [0.25, 0.3) is 16.5 Å². The third-order valence-electron chi connectivity index (χ3n) is 3.51. The lowest BCUT2D eigenvalue weighted by atomic mass is 10.1. The molecule has 0 aliphatic heterocycles. The molecule has 0 amide bonds. The molecule has 21 heavy (non-hydrogen) atoms. The Morgan fingerprint density at radius 3 is 3.05 bits per heavy atom. The van der Waals surface area contributed by atoms with Gasteiger partial charge in [0.05, 0.1) is 29.0 Å². The SMILES string of the molecule is NC(c1cc2cccc(Cl)c2o1)c1cnn2ccncc12. The molecular weight excluding hydrogens is 288 g/mol. The first-order chi connectivity index (χ1) is 10.2. The zero-order valence-electron chi connectivity index (χ0n) is 10.9. The van der Waals surface area contributed by atoms with Crippen LogP contribution in [0, 0.1) is 0 Å². The van der Waals surface area contributed by atoms with Gasteiger partial charge in [0.25, 0.3) is 0 Å².